The summed E-state index contributed by atoms with van der Waals surface area (Å²) < 4.78 is 0. The number of aryl methyl sites for hydroxylation is 1. The summed E-state index contributed by atoms with van der Waals surface area (Å²) >= 11 is 0. The number of aromatic amines is 1. The first-order valence-corrected chi connectivity index (χ1v) is 9.50. The number of fused-ring (bicyclic) bond motifs is 1. The number of nitrogens with one attached hydrogen (secondary N) is 1. The van der Waals surface area contributed by atoms with Gasteiger partial charge in [-0.3, -0.25) is 14.9 Å². The van der Waals surface area contributed by atoms with Crippen molar-refractivity contribution in [3.05, 3.63) is 59.5 Å². The fourth-order valence-corrected chi connectivity index (χ4v) is 3.87. The smallest absolute Gasteiger partial charge is 0.274 e. The van der Waals surface area contributed by atoms with Crippen molar-refractivity contribution >= 4 is 16.8 Å². The van der Waals surface area contributed by atoms with Gasteiger partial charge in [0.1, 0.15) is 5.69 Å². The third-order valence-electron chi connectivity index (χ3n) is 5.28. The molecule has 6 heteroatoms. The van der Waals surface area contributed by atoms with Gasteiger partial charge < -0.3 is 10.0 Å². The van der Waals surface area contributed by atoms with E-state index in [4.69, 9.17) is 0 Å². The van der Waals surface area contributed by atoms with Crippen molar-refractivity contribution in [2.75, 3.05) is 13.1 Å². The van der Waals surface area contributed by atoms with Gasteiger partial charge >= 0.3 is 0 Å². The Balaban J connectivity index is 1.48. The molecule has 2 unspecified atom stereocenters. The highest BCUT2D eigenvalue weighted by Crippen LogP contribution is 2.26. The lowest BCUT2D eigenvalue weighted by Gasteiger charge is -2.15. The number of carbonyl (C=O) groups is 1. The van der Waals surface area contributed by atoms with Crippen LogP contribution >= 0.6 is 0 Å². The van der Waals surface area contributed by atoms with Crippen LogP contribution in [0, 0.1) is 5.92 Å². The molecule has 0 bridgehead atoms. The Morgan fingerprint density at radius 2 is 2.15 bits per heavy atom. The summed E-state index contributed by atoms with van der Waals surface area (Å²) in [5.74, 6) is -0.108. The molecule has 1 amide bonds. The van der Waals surface area contributed by atoms with Crippen molar-refractivity contribution in [2.24, 2.45) is 5.92 Å². The van der Waals surface area contributed by atoms with Crippen molar-refractivity contribution in [1.29, 1.82) is 0 Å². The van der Waals surface area contributed by atoms with Gasteiger partial charge in [0.05, 0.1) is 11.6 Å². The summed E-state index contributed by atoms with van der Waals surface area (Å²) in [5.41, 5.74) is 3.51. The lowest BCUT2D eigenvalue weighted by atomic mass is 9.94. The van der Waals surface area contributed by atoms with Gasteiger partial charge in [0.2, 0.25) is 0 Å². The highest BCUT2D eigenvalue weighted by molar-refractivity contribution is 5.92. The fourth-order valence-electron chi connectivity index (χ4n) is 3.87. The first kappa shape index (κ1) is 17.7. The van der Waals surface area contributed by atoms with Crippen LogP contribution in [0.3, 0.4) is 0 Å². The number of hydrogen-bond donors (Lipinski definition) is 2. The molecule has 1 aliphatic rings. The summed E-state index contributed by atoms with van der Waals surface area (Å²) in [7, 11) is 0. The Morgan fingerprint density at radius 3 is 3.00 bits per heavy atom. The number of β-amino-alcohol motifs (C(OH)–C–C–N with tert-alkyl or cyclic N) is 1. The number of nitrogens with zero attached hydrogens (tertiary/aromatic N) is 3. The molecule has 1 saturated heterocycles. The highest BCUT2D eigenvalue weighted by atomic mass is 16.3. The Labute approximate surface area is 158 Å². The van der Waals surface area contributed by atoms with Gasteiger partial charge in [0.15, 0.2) is 0 Å². The molecule has 0 radical (unpaired) electrons. The molecule has 2 aromatic heterocycles. The Bertz CT molecular complexity index is 947. The molecular formula is C21H24N4O2. The maximum atomic E-state index is 12.7. The van der Waals surface area contributed by atoms with E-state index in [9.17, 15) is 9.90 Å². The van der Waals surface area contributed by atoms with Crippen LogP contribution in [-0.4, -0.2) is 50.3 Å². The minimum atomic E-state index is -0.532. The third kappa shape index (κ3) is 3.57. The van der Waals surface area contributed by atoms with Crippen molar-refractivity contribution in [3.8, 4) is 0 Å². The van der Waals surface area contributed by atoms with E-state index >= 15 is 0 Å². The van der Waals surface area contributed by atoms with Crippen LogP contribution in [0.2, 0.25) is 0 Å². The van der Waals surface area contributed by atoms with Gasteiger partial charge in [-0.15, -0.1) is 0 Å². The number of aliphatic hydroxyl groups excluding tert-OH is 1. The number of carbonyl (C=O) groups excluding carboxylic acids is 1. The number of rotatable bonds is 5. The van der Waals surface area contributed by atoms with Gasteiger partial charge in [0, 0.05) is 36.3 Å². The molecule has 6 nitrogen and oxygen atoms in total. The minimum absolute atomic E-state index is 0.00816. The van der Waals surface area contributed by atoms with E-state index < -0.39 is 6.10 Å². The van der Waals surface area contributed by atoms with Crippen LogP contribution in [-0.2, 0) is 12.8 Å². The molecule has 1 aromatic carbocycles. The molecule has 1 aliphatic heterocycles. The maximum absolute atomic E-state index is 12.7. The third-order valence-corrected chi connectivity index (χ3v) is 5.28. The second kappa shape index (κ2) is 7.48. The number of amides is 1. The number of pyridine rings is 1. The van der Waals surface area contributed by atoms with Crippen LogP contribution in [0.25, 0.3) is 10.9 Å². The summed E-state index contributed by atoms with van der Waals surface area (Å²) in [4.78, 5) is 18.9. The topological polar surface area (TPSA) is 82.1 Å². The quantitative estimate of drug-likeness (QED) is 0.729. The number of para-hydroxylation sites is 1. The van der Waals surface area contributed by atoms with Gasteiger partial charge in [-0.2, -0.15) is 5.10 Å². The monoisotopic (exact) mass is 364 g/mol. The molecule has 1 fully saturated rings. The van der Waals surface area contributed by atoms with Crippen LogP contribution in [0.15, 0.2) is 42.6 Å². The van der Waals surface area contributed by atoms with Crippen molar-refractivity contribution in [3.63, 3.8) is 0 Å². The zero-order valence-electron chi connectivity index (χ0n) is 15.4. The van der Waals surface area contributed by atoms with E-state index in [2.05, 4.69) is 28.2 Å². The van der Waals surface area contributed by atoms with Crippen molar-refractivity contribution < 1.29 is 9.90 Å². The first-order valence-electron chi connectivity index (χ1n) is 9.50. The Hall–Kier alpha value is -2.73. The van der Waals surface area contributed by atoms with Crippen LogP contribution < -0.4 is 0 Å². The molecule has 0 saturated carbocycles. The standard InChI is InChI=1S/C21H24N4O2/c1-2-5-16-11-19(24-23-16)21(27)25-12-15(20(26)13-25)10-14-8-9-22-18-7-4-3-6-17(14)18/h3-4,6-9,11,15,20,26H,2,5,10,12-13H2,1H3,(H,23,24). The lowest BCUT2D eigenvalue weighted by molar-refractivity contribution is 0.0759. The van der Waals surface area contributed by atoms with E-state index in [0.29, 0.717) is 18.8 Å². The second-order valence-electron chi connectivity index (χ2n) is 7.26. The first-order chi connectivity index (χ1) is 13.2. The van der Waals surface area contributed by atoms with Crippen LogP contribution in [0.5, 0.6) is 0 Å². The molecule has 3 aromatic rings. The van der Waals surface area contributed by atoms with E-state index in [-0.39, 0.29) is 11.8 Å². The Morgan fingerprint density at radius 1 is 1.30 bits per heavy atom. The normalized spacial score (nSPS) is 19.7. The minimum Gasteiger partial charge on any atom is -0.391 e. The van der Waals surface area contributed by atoms with E-state index in [1.165, 1.54) is 0 Å². The summed E-state index contributed by atoms with van der Waals surface area (Å²) in [6.45, 7) is 2.97. The van der Waals surface area contributed by atoms with Crippen molar-refractivity contribution in [1.82, 2.24) is 20.1 Å². The average Bonchev–Trinajstić information content (AvgIpc) is 3.29. The lowest BCUT2D eigenvalue weighted by Crippen LogP contribution is -2.29. The summed E-state index contributed by atoms with van der Waals surface area (Å²) in [6, 6.07) is 11.8. The van der Waals surface area contributed by atoms with Crippen LogP contribution in [0.4, 0.5) is 0 Å². The molecule has 0 aliphatic carbocycles. The number of aliphatic hydroxyl groups is 1. The number of H-pyrrole nitrogens is 1. The molecule has 2 N–H and O–H groups in total. The number of aromatic nitrogens is 3. The van der Waals surface area contributed by atoms with E-state index in [1.807, 2.05) is 30.3 Å². The second-order valence-corrected chi connectivity index (χ2v) is 7.26. The number of hydrogen-bond acceptors (Lipinski definition) is 4. The molecule has 140 valence electrons. The van der Waals surface area contributed by atoms with E-state index in [0.717, 1.165) is 41.4 Å². The zero-order valence-corrected chi connectivity index (χ0v) is 15.4. The fraction of sp³-hybridized carbons (Fsp3) is 0.381. The molecule has 4 rings (SSSR count). The van der Waals surface area contributed by atoms with Gasteiger partial charge in [-0.25, -0.2) is 0 Å². The average molecular weight is 364 g/mol. The Kier molecular flexibility index (Phi) is 4.90. The number of likely N-dealkylation sites (tertiary alicyclic amines) is 1. The molecular weight excluding hydrogens is 340 g/mol. The van der Waals surface area contributed by atoms with Gasteiger partial charge in [0.25, 0.3) is 5.91 Å². The van der Waals surface area contributed by atoms with Gasteiger partial charge in [-0.05, 0) is 36.6 Å². The largest absolute Gasteiger partial charge is 0.391 e. The molecule has 0 spiro atoms. The maximum Gasteiger partial charge on any atom is 0.274 e. The SMILES string of the molecule is CCCc1cc(C(=O)N2CC(O)C(Cc3ccnc4ccccc34)C2)n[nH]1. The molecule has 3 heterocycles. The predicted molar refractivity (Wildman–Crippen MR) is 103 cm³/mol. The highest BCUT2D eigenvalue weighted by Gasteiger charge is 2.35. The van der Waals surface area contributed by atoms with Crippen molar-refractivity contribution in [2.45, 2.75) is 32.3 Å². The summed E-state index contributed by atoms with van der Waals surface area (Å²) in [6.07, 6.45) is 3.87. The van der Waals surface area contributed by atoms with Gasteiger partial charge in [-0.1, -0.05) is 31.5 Å². The van der Waals surface area contributed by atoms with E-state index in [1.54, 1.807) is 11.1 Å². The predicted octanol–water partition coefficient (Wildman–Crippen LogP) is 2.59. The zero-order chi connectivity index (χ0) is 18.8. The van der Waals surface area contributed by atoms with Crippen LogP contribution in [0.1, 0.15) is 35.1 Å². The summed E-state index contributed by atoms with van der Waals surface area (Å²) in [5, 5.41) is 18.7. The number of benzene rings is 1. The molecule has 27 heavy (non-hydrogen) atoms. The molecule has 2 atom stereocenters.